The Morgan fingerprint density at radius 3 is 2.79 bits per heavy atom. The fourth-order valence-electron chi connectivity index (χ4n) is 2.18. The van der Waals surface area contributed by atoms with Crippen molar-refractivity contribution in [2.24, 2.45) is 7.05 Å². The minimum absolute atomic E-state index is 0.289. The molecule has 0 radical (unpaired) electrons. The summed E-state index contributed by atoms with van der Waals surface area (Å²) in [6.45, 7) is 4.12. The van der Waals surface area contributed by atoms with Crippen molar-refractivity contribution in [1.29, 1.82) is 0 Å². The topological polar surface area (TPSA) is 34.9 Å². The quantitative estimate of drug-likeness (QED) is 0.824. The zero-order chi connectivity index (χ0) is 13.8. The molecular formula is C16H20N2O. The third-order valence-corrected chi connectivity index (χ3v) is 3.34. The molecule has 0 saturated carbocycles. The van der Waals surface area contributed by atoms with Crippen molar-refractivity contribution < 1.29 is 4.79 Å². The second kappa shape index (κ2) is 5.83. The second-order valence-corrected chi connectivity index (χ2v) is 5.17. The first-order valence-electron chi connectivity index (χ1n) is 6.60. The molecule has 0 saturated heterocycles. The predicted molar refractivity (Wildman–Crippen MR) is 76.2 cm³/mol. The summed E-state index contributed by atoms with van der Waals surface area (Å²) in [5, 5.41) is 4.11. The molecule has 0 bridgehead atoms. The van der Waals surface area contributed by atoms with Gasteiger partial charge in [-0.15, -0.1) is 0 Å². The Labute approximate surface area is 114 Å². The van der Waals surface area contributed by atoms with Crippen LogP contribution in [-0.4, -0.2) is 15.6 Å². The van der Waals surface area contributed by atoms with Crippen LogP contribution < -0.4 is 0 Å². The lowest BCUT2D eigenvalue weighted by atomic mass is 9.98. The van der Waals surface area contributed by atoms with Crippen molar-refractivity contribution >= 4 is 5.78 Å². The number of Topliss-reactive ketones (excluding diaryl/α,β-unsaturated/α-hetero) is 1. The van der Waals surface area contributed by atoms with Crippen molar-refractivity contribution in [3.63, 3.8) is 0 Å². The highest BCUT2D eigenvalue weighted by Gasteiger charge is 2.07. The normalized spacial score (nSPS) is 10.7. The molecule has 0 unspecified atom stereocenters. The number of rotatable bonds is 5. The van der Waals surface area contributed by atoms with Crippen molar-refractivity contribution in [1.82, 2.24) is 9.78 Å². The zero-order valence-electron chi connectivity index (χ0n) is 11.8. The van der Waals surface area contributed by atoms with E-state index in [0.29, 0.717) is 12.8 Å². The van der Waals surface area contributed by atoms with Crippen LogP contribution in [-0.2, 0) is 24.7 Å². The highest BCUT2D eigenvalue weighted by Crippen LogP contribution is 2.13. The highest BCUT2D eigenvalue weighted by molar-refractivity contribution is 5.81. The minimum Gasteiger partial charge on any atom is -0.299 e. The van der Waals surface area contributed by atoms with Crippen molar-refractivity contribution in [3.05, 3.63) is 52.8 Å². The zero-order valence-corrected chi connectivity index (χ0v) is 11.8. The van der Waals surface area contributed by atoms with Gasteiger partial charge in [-0.1, -0.05) is 23.8 Å². The summed E-state index contributed by atoms with van der Waals surface area (Å²) < 4.78 is 1.77. The number of carbonyl (C=O) groups excluding carboxylic acids is 1. The average Bonchev–Trinajstić information content (AvgIpc) is 2.77. The van der Waals surface area contributed by atoms with Crippen LogP contribution in [0.3, 0.4) is 0 Å². The van der Waals surface area contributed by atoms with E-state index < -0.39 is 0 Å². The summed E-state index contributed by atoms with van der Waals surface area (Å²) in [7, 11) is 1.89. The van der Waals surface area contributed by atoms with Gasteiger partial charge in [0.05, 0.1) is 6.20 Å². The smallest absolute Gasteiger partial charge is 0.137 e. The maximum Gasteiger partial charge on any atom is 0.137 e. The van der Waals surface area contributed by atoms with Gasteiger partial charge in [0.2, 0.25) is 0 Å². The van der Waals surface area contributed by atoms with E-state index in [9.17, 15) is 4.79 Å². The van der Waals surface area contributed by atoms with Gasteiger partial charge in [0.25, 0.3) is 0 Å². The number of benzene rings is 1. The molecule has 0 atom stereocenters. The highest BCUT2D eigenvalue weighted by atomic mass is 16.1. The molecule has 2 aromatic rings. The van der Waals surface area contributed by atoms with Crippen molar-refractivity contribution in [2.75, 3.05) is 0 Å². The summed E-state index contributed by atoms with van der Waals surface area (Å²) in [5.41, 5.74) is 4.67. The van der Waals surface area contributed by atoms with Crippen LogP contribution in [0.15, 0.2) is 30.6 Å². The molecule has 3 nitrogen and oxygen atoms in total. The van der Waals surface area contributed by atoms with Crippen LogP contribution in [0.4, 0.5) is 0 Å². The van der Waals surface area contributed by atoms with Gasteiger partial charge in [-0.3, -0.25) is 9.48 Å². The largest absolute Gasteiger partial charge is 0.299 e. The number of ketones is 1. The summed E-state index contributed by atoms with van der Waals surface area (Å²) in [5.74, 6) is 0.289. The Hall–Kier alpha value is -1.90. The van der Waals surface area contributed by atoms with E-state index in [-0.39, 0.29) is 5.78 Å². The van der Waals surface area contributed by atoms with E-state index in [4.69, 9.17) is 0 Å². The molecule has 0 aliphatic heterocycles. The van der Waals surface area contributed by atoms with E-state index in [1.807, 2.05) is 19.4 Å². The van der Waals surface area contributed by atoms with Crippen LogP contribution in [0.1, 0.15) is 28.7 Å². The monoisotopic (exact) mass is 256 g/mol. The Morgan fingerprint density at radius 1 is 1.32 bits per heavy atom. The fourth-order valence-corrected chi connectivity index (χ4v) is 2.18. The van der Waals surface area contributed by atoms with Crippen LogP contribution in [0.2, 0.25) is 0 Å². The Kier molecular flexibility index (Phi) is 4.15. The van der Waals surface area contributed by atoms with Crippen molar-refractivity contribution in [2.45, 2.75) is 33.1 Å². The number of aromatic nitrogens is 2. The van der Waals surface area contributed by atoms with Crippen LogP contribution in [0.25, 0.3) is 0 Å². The summed E-state index contributed by atoms with van der Waals surface area (Å²) in [6, 6.07) is 6.27. The van der Waals surface area contributed by atoms with E-state index in [0.717, 1.165) is 17.5 Å². The van der Waals surface area contributed by atoms with Gasteiger partial charge < -0.3 is 0 Å². The summed E-state index contributed by atoms with van der Waals surface area (Å²) >= 11 is 0. The van der Waals surface area contributed by atoms with Crippen LogP contribution in [0.5, 0.6) is 0 Å². The number of nitrogens with zero attached hydrogens (tertiary/aromatic N) is 2. The predicted octanol–water partition coefficient (Wildman–Crippen LogP) is 2.78. The third kappa shape index (κ3) is 3.78. The lowest BCUT2D eigenvalue weighted by Crippen LogP contribution is -2.05. The van der Waals surface area contributed by atoms with Gasteiger partial charge >= 0.3 is 0 Å². The standard InChI is InChI=1S/C16H20N2O/c1-12-4-5-13(2)15(8-12)9-16(19)7-6-14-10-17-18(3)11-14/h4-5,8,10-11H,6-7,9H2,1-3H3. The first kappa shape index (κ1) is 13.5. The van der Waals surface area contributed by atoms with E-state index >= 15 is 0 Å². The van der Waals surface area contributed by atoms with Gasteiger partial charge in [-0.25, -0.2) is 0 Å². The lowest BCUT2D eigenvalue weighted by Gasteiger charge is -2.06. The molecule has 1 aromatic carbocycles. The van der Waals surface area contributed by atoms with Gasteiger partial charge in [-0.2, -0.15) is 5.10 Å². The molecule has 0 aliphatic carbocycles. The van der Waals surface area contributed by atoms with E-state index in [2.05, 4.69) is 37.1 Å². The Balaban J connectivity index is 1.92. The first-order chi connectivity index (χ1) is 9.04. The molecule has 0 fully saturated rings. The SMILES string of the molecule is Cc1ccc(C)c(CC(=O)CCc2cnn(C)c2)c1. The summed E-state index contributed by atoms with van der Waals surface area (Å²) in [6.07, 6.45) is 5.68. The number of aryl methyl sites for hydroxylation is 4. The molecule has 1 heterocycles. The van der Waals surface area contributed by atoms with E-state index in [1.54, 1.807) is 4.68 Å². The average molecular weight is 256 g/mol. The number of hydrogen-bond acceptors (Lipinski definition) is 2. The molecule has 2 rings (SSSR count). The lowest BCUT2D eigenvalue weighted by molar-refractivity contribution is -0.118. The molecule has 0 spiro atoms. The third-order valence-electron chi connectivity index (χ3n) is 3.34. The molecule has 0 aliphatic rings. The maximum absolute atomic E-state index is 12.0. The second-order valence-electron chi connectivity index (χ2n) is 5.17. The molecular weight excluding hydrogens is 236 g/mol. The molecule has 0 amide bonds. The van der Waals surface area contributed by atoms with E-state index in [1.165, 1.54) is 11.1 Å². The number of hydrogen-bond donors (Lipinski definition) is 0. The number of carbonyl (C=O) groups is 1. The molecule has 0 N–H and O–H groups in total. The molecule has 3 heteroatoms. The van der Waals surface area contributed by atoms with Gasteiger partial charge in [-0.05, 0) is 37.0 Å². The van der Waals surface area contributed by atoms with Gasteiger partial charge in [0.1, 0.15) is 5.78 Å². The van der Waals surface area contributed by atoms with Gasteiger partial charge in [0.15, 0.2) is 0 Å². The van der Waals surface area contributed by atoms with Gasteiger partial charge in [0, 0.05) is 26.1 Å². The van der Waals surface area contributed by atoms with Crippen LogP contribution in [0, 0.1) is 13.8 Å². The molecule has 19 heavy (non-hydrogen) atoms. The Bertz CT molecular complexity index is 584. The molecule has 100 valence electrons. The summed E-state index contributed by atoms with van der Waals surface area (Å²) in [4.78, 5) is 12.0. The minimum atomic E-state index is 0.289. The first-order valence-corrected chi connectivity index (χ1v) is 6.60. The fraction of sp³-hybridized carbons (Fsp3) is 0.375. The molecule has 1 aromatic heterocycles. The Morgan fingerprint density at radius 2 is 2.11 bits per heavy atom. The van der Waals surface area contributed by atoms with Crippen molar-refractivity contribution in [3.8, 4) is 0 Å². The van der Waals surface area contributed by atoms with Crippen LogP contribution >= 0.6 is 0 Å². The maximum atomic E-state index is 12.0.